The van der Waals surface area contributed by atoms with E-state index in [0.717, 1.165) is 31.2 Å². The summed E-state index contributed by atoms with van der Waals surface area (Å²) in [5.74, 6) is 0.925. The van der Waals surface area contributed by atoms with Crippen LogP contribution in [-0.2, 0) is 6.54 Å². The van der Waals surface area contributed by atoms with Gasteiger partial charge in [0.25, 0.3) is 0 Å². The Hall–Kier alpha value is -2.37. The van der Waals surface area contributed by atoms with Crippen LogP contribution in [0.4, 0.5) is 4.79 Å². The van der Waals surface area contributed by atoms with Crippen molar-refractivity contribution in [2.75, 3.05) is 0 Å². The van der Waals surface area contributed by atoms with E-state index >= 15 is 0 Å². The lowest BCUT2D eigenvalue weighted by Crippen LogP contribution is -2.40. The quantitative estimate of drug-likeness (QED) is 0.937. The summed E-state index contributed by atoms with van der Waals surface area (Å²) in [5, 5.41) is 17.2. The SMILES string of the molecule is O=C(O)N(Cc1ccccc1)C1CCC(c2nnco2)CC1. The van der Waals surface area contributed by atoms with Crippen molar-refractivity contribution in [2.24, 2.45) is 0 Å². The highest BCUT2D eigenvalue weighted by Gasteiger charge is 2.31. The Kier molecular flexibility index (Phi) is 4.37. The van der Waals surface area contributed by atoms with Crippen LogP contribution in [0.25, 0.3) is 0 Å². The van der Waals surface area contributed by atoms with E-state index in [2.05, 4.69) is 10.2 Å². The van der Waals surface area contributed by atoms with E-state index in [4.69, 9.17) is 4.42 Å². The molecule has 116 valence electrons. The number of hydrogen-bond acceptors (Lipinski definition) is 4. The largest absolute Gasteiger partial charge is 0.465 e. The second-order valence-corrected chi connectivity index (χ2v) is 5.68. The average Bonchev–Trinajstić information content (AvgIpc) is 3.08. The van der Waals surface area contributed by atoms with Crippen LogP contribution >= 0.6 is 0 Å². The summed E-state index contributed by atoms with van der Waals surface area (Å²) in [6.07, 6.45) is 3.90. The van der Waals surface area contributed by atoms with E-state index < -0.39 is 6.09 Å². The number of aromatic nitrogens is 2. The molecule has 0 radical (unpaired) electrons. The van der Waals surface area contributed by atoms with Crippen molar-refractivity contribution in [1.29, 1.82) is 0 Å². The lowest BCUT2D eigenvalue weighted by atomic mass is 9.85. The fourth-order valence-electron chi connectivity index (χ4n) is 3.13. The number of amides is 1. The van der Waals surface area contributed by atoms with Crippen LogP contribution in [0.1, 0.15) is 43.1 Å². The molecule has 1 N–H and O–H groups in total. The molecule has 6 heteroatoms. The minimum atomic E-state index is -0.856. The highest BCUT2D eigenvalue weighted by Crippen LogP contribution is 2.34. The Morgan fingerprint density at radius 1 is 1.23 bits per heavy atom. The van der Waals surface area contributed by atoms with Crippen molar-refractivity contribution >= 4 is 6.09 Å². The third-order valence-electron chi connectivity index (χ3n) is 4.31. The first-order valence-corrected chi connectivity index (χ1v) is 7.53. The zero-order valence-electron chi connectivity index (χ0n) is 12.3. The molecule has 0 aliphatic heterocycles. The molecule has 1 fully saturated rings. The number of hydrogen-bond donors (Lipinski definition) is 1. The van der Waals surface area contributed by atoms with Gasteiger partial charge in [0.15, 0.2) is 0 Å². The van der Waals surface area contributed by atoms with E-state index in [1.807, 2.05) is 30.3 Å². The minimum absolute atomic E-state index is 0.0527. The van der Waals surface area contributed by atoms with Gasteiger partial charge in [0, 0.05) is 18.5 Å². The van der Waals surface area contributed by atoms with Crippen LogP contribution in [-0.4, -0.2) is 32.3 Å². The van der Waals surface area contributed by atoms with Crippen LogP contribution in [0.15, 0.2) is 41.1 Å². The summed E-state index contributed by atoms with van der Waals surface area (Å²) >= 11 is 0. The van der Waals surface area contributed by atoms with Crippen LogP contribution in [0.2, 0.25) is 0 Å². The summed E-state index contributed by atoms with van der Waals surface area (Å²) in [7, 11) is 0. The van der Waals surface area contributed by atoms with E-state index in [1.165, 1.54) is 6.39 Å². The maximum absolute atomic E-state index is 11.6. The second kappa shape index (κ2) is 6.60. The number of nitrogens with zero attached hydrogens (tertiary/aromatic N) is 3. The molecular formula is C16H19N3O3. The predicted octanol–water partition coefficient (Wildman–Crippen LogP) is 3.28. The zero-order chi connectivity index (χ0) is 15.4. The highest BCUT2D eigenvalue weighted by atomic mass is 16.4. The van der Waals surface area contributed by atoms with Crippen molar-refractivity contribution in [3.63, 3.8) is 0 Å². The lowest BCUT2D eigenvalue weighted by Gasteiger charge is -2.34. The molecule has 1 heterocycles. The Labute approximate surface area is 128 Å². The van der Waals surface area contributed by atoms with Crippen LogP contribution in [0.5, 0.6) is 0 Å². The maximum Gasteiger partial charge on any atom is 0.407 e. The molecule has 22 heavy (non-hydrogen) atoms. The van der Waals surface area contributed by atoms with Crippen molar-refractivity contribution < 1.29 is 14.3 Å². The summed E-state index contributed by atoms with van der Waals surface area (Å²) in [6.45, 7) is 0.437. The fourth-order valence-corrected chi connectivity index (χ4v) is 3.13. The Morgan fingerprint density at radius 2 is 1.95 bits per heavy atom. The molecule has 0 atom stereocenters. The van der Waals surface area contributed by atoms with Gasteiger partial charge in [0.1, 0.15) is 0 Å². The van der Waals surface area contributed by atoms with Gasteiger partial charge in [-0.2, -0.15) is 0 Å². The molecule has 1 aromatic carbocycles. The summed E-state index contributed by atoms with van der Waals surface area (Å²) in [6, 6.07) is 9.77. The Balaban J connectivity index is 1.63. The second-order valence-electron chi connectivity index (χ2n) is 5.68. The molecule has 3 rings (SSSR count). The van der Waals surface area contributed by atoms with Gasteiger partial charge in [-0.1, -0.05) is 30.3 Å². The van der Waals surface area contributed by atoms with Gasteiger partial charge >= 0.3 is 6.09 Å². The third-order valence-corrected chi connectivity index (χ3v) is 4.31. The zero-order valence-corrected chi connectivity index (χ0v) is 12.3. The third kappa shape index (κ3) is 3.27. The molecule has 0 saturated heterocycles. The Morgan fingerprint density at radius 3 is 2.55 bits per heavy atom. The fraction of sp³-hybridized carbons (Fsp3) is 0.438. The monoisotopic (exact) mass is 301 g/mol. The summed E-state index contributed by atoms with van der Waals surface area (Å²) in [4.78, 5) is 13.2. The van der Waals surface area contributed by atoms with Crippen molar-refractivity contribution in [2.45, 2.75) is 44.2 Å². The molecular weight excluding hydrogens is 282 g/mol. The molecule has 6 nitrogen and oxygen atoms in total. The molecule has 1 amide bonds. The van der Waals surface area contributed by atoms with Crippen molar-refractivity contribution in [3.05, 3.63) is 48.2 Å². The van der Waals surface area contributed by atoms with E-state index in [9.17, 15) is 9.90 Å². The number of rotatable bonds is 4. The van der Waals surface area contributed by atoms with Gasteiger partial charge in [0.05, 0.1) is 0 Å². The van der Waals surface area contributed by atoms with Gasteiger partial charge in [-0.3, -0.25) is 0 Å². The van der Waals surface area contributed by atoms with E-state index in [1.54, 1.807) is 4.90 Å². The standard InChI is InChI=1S/C16H19N3O3/c20-16(21)19(10-12-4-2-1-3-5-12)14-8-6-13(7-9-14)15-18-17-11-22-15/h1-5,11,13-14H,6-10H2,(H,20,21). The Bertz CT molecular complexity index is 592. The van der Waals surface area contributed by atoms with Crippen molar-refractivity contribution in [3.8, 4) is 0 Å². The molecule has 1 aromatic heterocycles. The van der Waals surface area contributed by atoms with Gasteiger partial charge < -0.3 is 14.4 Å². The number of carbonyl (C=O) groups is 1. The highest BCUT2D eigenvalue weighted by molar-refractivity contribution is 5.65. The molecule has 0 unspecified atom stereocenters. The van der Waals surface area contributed by atoms with Gasteiger partial charge in [-0.25, -0.2) is 4.79 Å². The predicted molar refractivity (Wildman–Crippen MR) is 79.3 cm³/mol. The van der Waals surface area contributed by atoms with Gasteiger partial charge in [-0.15, -0.1) is 10.2 Å². The summed E-state index contributed by atoms with van der Waals surface area (Å²) in [5.41, 5.74) is 1.02. The normalized spacial score (nSPS) is 21.5. The average molecular weight is 301 g/mol. The smallest absolute Gasteiger partial charge is 0.407 e. The first-order valence-electron chi connectivity index (χ1n) is 7.53. The molecule has 1 saturated carbocycles. The van der Waals surface area contributed by atoms with Gasteiger partial charge in [-0.05, 0) is 31.2 Å². The molecule has 1 aliphatic rings. The molecule has 1 aliphatic carbocycles. The molecule has 2 aromatic rings. The van der Waals surface area contributed by atoms with E-state index in [-0.39, 0.29) is 12.0 Å². The van der Waals surface area contributed by atoms with Crippen LogP contribution in [0, 0.1) is 0 Å². The van der Waals surface area contributed by atoms with Crippen LogP contribution < -0.4 is 0 Å². The number of carboxylic acid groups (broad SMARTS) is 1. The molecule has 0 spiro atoms. The van der Waals surface area contributed by atoms with Crippen molar-refractivity contribution in [1.82, 2.24) is 15.1 Å². The van der Waals surface area contributed by atoms with Gasteiger partial charge in [0.2, 0.25) is 12.3 Å². The minimum Gasteiger partial charge on any atom is -0.465 e. The van der Waals surface area contributed by atoms with E-state index in [0.29, 0.717) is 12.4 Å². The summed E-state index contributed by atoms with van der Waals surface area (Å²) < 4.78 is 5.26. The first kappa shape index (κ1) is 14.6. The first-order chi connectivity index (χ1) is 10.7. The maximum atomic E-state index is 11.6. The molecule has 0 bridgehead atoms. The van der Waals surface area contributed by atoms with Crippen LogP contribution in [0.3, 0.4) is 0 Å². The lowest BCUT2D eigenvalue weighted by molar-refractivity contribution is 0.103. The topological polar surface area (TPSA) is 79.5 Å². The number of benzene rings is 1.